The molecule has 0 heterocycles. The van der Waals surface area contributed by atoms with E-state index in [0.717, 1.165) is 5.92 Å². The highest BCUT2D eigenvalue weighted by atomic mass is 16.2. The molecule has 0 aromatic carbocycles. The van der Waals surface area contributed by atoms with Crippen LogP contribution in [-0.2, 0) is 9.59 Å². The highest BCUT2D eigenvalue weighted by Crippen LogP contribution is 3.02. The van der Waals surface area contributed by atoms with E-state index in [1.54, 1.807) is 0 Å². The summed E-state index contributed by atoms with van der Waals surface area (Å²) < 4.78 is 0. The molecule has 0 aliphatic heterocycles. The third-order valence-electron chi connectivity index (χ3n) is 9.33. The standard InChI is InChI=1S/C16H12O2/c17-13-8-6-7-9(8)14(18)16-4-2-1-3-5(4)10(12(7)16)11(6)15(3,13)16/h1-12H/t3-,4+,5?,6-,7-,8+,9-,10?,11+,12+,15-,16-/m1/s1. The van der Waals surface area contributed by atoms with Crippen molar-refractivity contribution < 1.29 is 9.59 Å². The third-order valence-corrected chi connectivity index (χ3v) is 9.33. The summed E-state index contributed by atoms with van der Waals surface area (Å²) in [6.07, 6.45) is 4.68. The van der Waals surface area contributed by atoms with E-state index in [1.807, 2.05) is 0 Å². The van der Waals surface area contributed by atoms with Gasteiger partial charge >= 0.3 is 0 Å². The van der Waals surface area contributed by atoms with E-state index in [0.29, 0.717) is 53.0 Å². The molecule has 2 unspecified atom stereocenters. The van der Waals surface area contributed by atoms with Gasteiger partial charge in [-0.3, -0.25) is 9.59 Å². The molecule has 0 saturated heterocycles. The molecule has 18 heavy (non-hydrogen) atoms. The fraction of sp³-hybridized carbons (Fsp3) is 0.750. The van der Waals surface area contributed by atoms with Gasteiger partial charge in [0.2, 0.25) is 0 Å². The summed E-state index contributed by atoms with van der Waals surface area (Å²) in [6, 6.07) is 0. The summed E-state index contributed by atoms with van der Waals surface area (Å²) in [5.41, 5.74) is -0.273. The number of carbonyl (C=O) groups excluding carboxylic acids is 2. The molecule has 0 aromatic heterocycles. The van der Waals surface area contributed by atoms with E-state index in [4.69, 9.17) is 0 Å². The minimum Gasteiger partial charge on any atom is -0.299 e. The van der Waals surface area contributed by atoms with Gasteiger partial charge in [0.25, 0.3) is 0 Å². The maximum atomic E-state index is 13.1. The zero-order valence-electron chi connectivity index (χ0n) is 9.74. The number of allylic oxidation sites excluding steroid dienone is 2. The smallest absolute Gasteiger partial charge is 0.145 e. The summed E-state index contributed by atoms with van der Waals surface area (Å²) in [6.45, 7) is 0. The summed E-state index contributed by atoms with van der Waals surface area (Å²) in [7, 11) is 0. The summed E-state index contributed by atoms with van der Waals surface area (Å²) in [4.78, 5) is 26.1. The molecule has 0 aromatic rings. The van der Waals surface area contributed by atoms with Gasteiger partial charge in [-0.2, -0.15) is 0 Å². The van der Waals surface area contributed by atoms with Crippen molar-refractivity contribution in [2.45, 2.75) is 0 Å². The normalized spacial score (nSPS) is 87.3. The maximum Gasteiger partial charge on any atom is 0.145 e. The molecule has 0 amide bonds. The first kappa shape index (κ1) is 7.62. The minimum absolute atomic E-state index is 0.137. The Morgan fingerprint density at radius 2 is 1.22 bits per heavy atom. The van der Waals surface area contributed by atoms with Crippen LogP contribution in [0.1, 0.15) is 0 Å². The van der Waals surface area contributed by atoms with Crippen molar-refractivity contribution >= 4 is 11.6 Å². The average Bonchev–Trinajstić information content (AvgIpc) is 3.06. The molecule has 8 saturated carbocycles. The molecule has 9 aliphatic carbocycles. The molecule has 0 N–H and O–H groups in total. The number of ketones is 2. The molecule has 8 fully saturated rings. The lowest BCUT2D eigenvalue weighted by Gasteiger charge is -2.47. The van der Waals surface area contributed by atoms with Crippen LogP contribution in [0.4, 0.5) is 0 Å². The molecule has 8 bridgehead atoms. The maximum absolute atomic E-state index is 13.1. The van der Waals surface area contributed by atoms with Gasteiger partial charge in [-0.1, -0.05) is 12.2 Å². The third kappa shape index (κ3) is 0.293. The van der Waals surface area contributed by atoms with Crippen LogP contribution in [0.2, 0.25) is 0 Å². The van der Waals surface area contributed by atoms with Crippen molar-refractivity contribution in [3.05, 3.63) is 12.2 Å². The highest BCUT2D eigenvalue weighted by molar-refractivity contribution is 6.14. The van der Waals surface area contributed by atoms with Crippen LogP contribution in [-0.4, -0.2) is 11.6 Å². The molecule has 12 atom stereocenters. The van der Waals surface area contributed by atoms with Gasteiger partial charge in [0.1, 0.15) is 11.6 Å². The second kappa shape index (κ2) is 1.52. The molecule has 2 spiro atoms. The van der Waals surface area contributed by atoms with E-state index in [9.17, 15) is 9.59 Å². The van der Waals surface area contributed by atoms with Crippen LogP contribution in [0.3, 0.4) is 0 Å². The Morgan fingerprint density at radius 3 is 1.72 bits per heavy atom. The van der Waals surface area contributed by atoms with Gasteiger partial charge in [0.05, 0.1) is 10.8 Å². The van der Waals surface area contributed by atoms with Crippen molar-refractivity contribution in [3.63, 3.8) is 0 Å². The number of Topliss-reactive ketones (excluding diaryl/α,β-unsaturated/α-hetero) is 2. The van der Waals surface area contributed by atoms with Crippen molar-refractivity contribution in [3.8, 4) is 0 Å². The van der Waals surface area contributed by atoms with E-state index in [1.165, 1.54) is 0 Å². The SMILES string of the molecule is O=C1[C@H]2[C@H]3C(=O)[C@@]45[C@@H]6C=C[C@H]7C6C6[C@H]([C@@H]2[C@H]3[C@@H]64)[C@@]175. The van der Waals surface area contributed by atoms with Crippen LogP contribution in [0.25, 0.3) is 0 Å². The van der Waals surface area contributed by atoms with Crippen LogP contribution in [0, 0.1) is 70.0 Å². The van der Waals surface area contributed by atoms with Gasteiger partial charge in [0, 0.05) is 11.8 Å². The second-order valence-electron chi connectivity index (χ2n) is 8.32. The number of hydrogen-bond acceptors (Lipinski definition) is 2. The Hall–Kier alpha value is -0.920. The van der Waals surface area contributed by atoms with Crippen LogP contribution in [0.15, 0.2) is 12.2 Å². The average molecular weight is 236 g/mol. The van der Waals surface area contributed by atoms with E-state index in [-0.39, 0.29) is 22.7 Å². The van der Waals surface area contributed by atoms with Gasteiger partial charge < -0.3 is 0 Å². The number of hydrogen-bond donors (Lipinski definition) is 0. The van der Waals surface area contributed by atoms with Crippen molar-refractivity contribution in [1.29, 1.82) is 0 Å². The number of rotatable bonds is 0. The Kier molecular flexibility index (Phi) is 0.642. The summed E-state index contributed by atoms with van der Waals surface area (Å²) in [5, 5.41) is 0. The molecule has 2 nitrogen and oxygen atoms in total. The molecule has 9 rings (SSSR count). The lowest BCUT2D eigenvalue weighted by atomic mass is 9.52. The van der Waals surface area contributed by atoms with E-state index in [2.05, 4.69) is 12.2 Å². The first-order chi connectivity index (χ1) is 8.79. The van der Waals surface area contributed by atoms with Gasteiger partial charge in [0.15, 0.2) is 0 Å². The van der Waals surface area contributed by atoms with Gasteiger partial charge in [-0.25, -0.2) is 0 Å². The lowest BCUT2D eigenvalue weighted by molar-refractivity contribution is -0.157. The molecule has 2 heteroatoms. The first-order valence-corrected chi connectivity index (χ1v) is 7.56. The Labute approximate surface area is 104 Å². The molecular weight excluding hydrogens is 224 g/mol. The Morgan fingerprint density at radius 1 is 0.722 bits per heavy atom. The van der Waals surface area contributed by atoms with E-state index >= 15 is 0 Å². The predicted molar refractivity (Wildman–Crippen MR) is 58.9 cm³/mol. The van der Waals surface area contributed by atoms with Gasteiger partial charge in [-0.05, 0) is 47.3 Å². The monoisotopic (exact) mass is 236 g/mol. The quantitative estimate of drug-likeness (QED) is 0.586. The van der Waals surface area contributed by atoms with Crippen LogP contribution >= 0.6 is 0 Å². The summed E-state index contributed by atoms with van der Waals surface area (Å²) in [5.74, 6) is 6.63. The van der Waals surface area contributed by atoms with Crippen LogP contribution < -0.4 is 0 Å². The van der Waals surface area contributed by atoms with Crippen molar-refractivity contribution in [1.82, 2.24) is 0 Å². The van der Waals surface area contributed by atoms with Crippen molar-refractivity contribution in [2.75, 3.05) is 0 Å². The number of fused-ring (bicyclic) bond motifs is 1. The highest BCUT2D eigenvalue weighted by Gasteiger charge is 3.06. The summed E-state index contributed by atoms with van der Waals surface area (Å²) >= 11 is 0. The van der Waals surface area contributed by atoms with Crippen LogP contribution in [0.5, 0.6) is 0 Å². The zero-order chi connectivity index (χ0) is 11.3. The Balaban J connectivity index is 1.72. The molecular formula is C16H12O2. The largest absolute Gasteiger partial charge is 0.299 e. The molecule has 88 valence electrons. The molecule has 9 aliphatic rings. The fourth-order valence-electron chi connectivity index (χ4n) is 10.1. The lowest BCUT2D eigenvalue weighted by Crippen LogP contribution is -2.57. The van der Waals surface area contributed by atoms with Gasteiger partial charge in [-0.15, -0.1) is 0 Å². The second-order valence-corrected chi connectivity index (χ2v) is 8.32. The Bertz CT molecular complexity index is 635. The number of carbonyl (C=O) groups is 2. The molecule has 0 radical (unpaired) electrons. The van der Waals surface area contributed by atoms with E-state index < -0.39 is 0 Å². The zero-order valence-corrected chi connectivity index (χ0v) is 9.74. The topological polar surface area (TPSA) is 34.1 Å². The first-order valence-electron chi connectivity index (χ1n) is 7.56. The minimum atomic E-state index is -0.137. The predicted octanol–water partition coefficient (Wildman–Crippen LogP) is 0.924. The fourth-order valence-corrected chi connectivity index (χ4v) is 10.1. The van der Waals surface area contributed by atoms with Crippen molar-refractivity contribution in [2.24, 2.45) is 70.0 Å².